The van der Waals surface area contributed by atoms with Crippen LogP contribution >= 0.6 is 0 Å². The van der Waals surface area contributed by atoms with Crippen molar-refractivity contribution in [3.8, 4) is 0 Å². The summed E-state index contributed by atoms with van der Waals surface area (Å²) in [5.41, 5.74) is 0. The number of carbonyl (C=O) groups is 1. The number of nitrogens with one attached hydrogen (secondary N) is 2. The number of amides is 1. The SMILES string of the molecule is CCCCCNC(=O)C(C)N[C@H](C)C1CCCC1. The van der Waals surface area contributed by atoms with Crippen molar-refractivity contribution in [1.82, 2.24) is 10.6 Å². The van der Waals surface area contributed by atoms with Crippen LogP contribution < -0.4 is 10.6 Å². The van der Waals surface area contributed by atoms with Gasteiger partial charge in [-0.15, -0.1) is 0 Å². The van der Waals surface area contributed by atoms with Gasteiger partial charge in [-0.25, -0.2) is 0 Å². The van der Waals surface area contributed by atoms with E-state index in [9.17, 15) is 4.79 Å². The van der Waals surface area contributed by atoms with Crippen LogP contribution in [-0.2, 0) is 4.79 Å². The van der Waals surface area contributed by atoms with E-state index in [1.807, 2.05) is 6.92 Å². The molecule has 3 heteroatoms. The average Bonchev–Trinajstić information content (AvgIpc) is 2.88. The molecule has 1 aliphatic carbocycles. The maximum atomic E-state index is 11.9. The maximum Gasteiger partial charge on any atom is 0.236 e. The third kappa shape index (κ3) is 5.38. The summed E-state index contributed by atoms with van der Waals surface area (Å²) in [6, 6.07) is 0.395. The van der Waals surface area contributed by atoms with Crippen molar-refractivity contribution in [2.45, 2.75) is 77.8 Å². The topological polar surface area (TPSA) is 41.1 Å². The van der Waals surface area contributed by atoms with Crippen molar-refractivity contribution < 1.29 is 4.79 Å². The molecular weight excluding hydrogens is 224 g/mol. The Morgan fingerprint density at radius 1 is 1.22 bits per heavy atom. The molecule has 2 atom stereocenters. The van der Waals surface area contributed by atoms with Gasteiger partial charge >= 0.3 is 0 Å². The molecule has 1 fully saturated rings. The molecule has 1 amide bonds. The van der Waals surface area contributed by atoms with Crippen LogP contribution in [0.4, 0.5) is 0 Å². The molecule has 106 valence electrons. The van der Waals surface area contributed by atoms with E-state index < -0.39 is 0 Å². The fourth-order valence-electron chi connectivity index (χ4n) is 2.80. The molecule has 0 spiro atoms. The highest BCUT2D eigenvalue weighted by Crippen LogP contribution is 2.27. The van der Waals surface area contributed by atoms with Gasteiger partial charge in [-0.2, -0.15) is 0 Å². The molecule has 1 saturated carbocycles. The third-order valence-corrected chi connectivity index (χ3v) is 4.09. The van der Waals surface area contributed by atoms with Crippen molar-refractivity contribution in [2.75, 3.05) is 6.54 Å². The normalized spacial score (nSPS) is 19.7. The molecule has 0 bridgehead atoms. The van der Waals surface area contributed by atoms with Crippen LogP contribution in [0.3, 0.4) is 0 Å². The lowest BCUT2D eigenvalue weighted by Crippen LogP contribution is -2.47. The van der Waals surface area contributed by atoms with Gasteiger partial charge in [0.1, 0.15) is 0 Å². The van der Waals surface area contributed by atoms with Crippen LogP contribution in [0, 0.1) is 5.92 Å². The molecule has 0 aromatic carbocycles. The summed E-state index contributed by atoms with van der Waals surface area (Å²) in [6.45, 7) is 7.18. The van der Waals surface area contributed by atoms with Crippen molar-refractivity contribution >= 4 is 5.91 Å². The van der Waals surface area contributed by atoms with Gasteiger partial charge in [-0.05, 0) is 39.0 Å². The lowest BCUT2D eigenvalue weighted by Gasteiger charge is -2.24. The lowest BCUT2D eigenvalue weighted by molar-refractivity contribution is -0.123. The molecule has 2 N–H and O–H groups in total. The van der Waals surface area contributed by atoms with Gasteiger partial charge in [0.2, 0.25) is 5.91 Å². The predicted molar refractivity (Wildman–Crippen MR) is 76.6 cm³/mol. The Kier molecular flexibility index (Phi) is 7.33. The van der Waals surface area contributed by atoms with Crippen molar-refractivity contribution in [2.24, 2.45) is 5.92 Å². The van der Waals surface area contributed by atoms with Crippen molar-refractivity contribution in [3.05, 3.63) is 0 Å². The summed E-state index contributed by atoms with van der Waals surface area (Å²) in [5.74, 6) is 0.913. The Morgan fingerprint density at radius 3 is 2.50 bits per heavy atom. The number of hydrogen-bond donors (Lipinski definition) is 2. The maximum absolute atomic E-state index is 11.9. The van der Waals surface area contributed by atoms with E-state index in [1.54, 1.807) is 0 Å². The lowest BCUT2D eigenvalue weighted by atomic mass is 9.99. The van der Waals surface area contributed by atoms with Gasteiger partial charge in [0.15, 0.2) is 0 Å². The zero-order valence-corrected chi connectivity index (χ0v) is 12.3. The Hall–Kier alpha value is -0.570. The molecule has 3 nitrogen and oxygen atoms in total. The average molecular weight is 254 g/mol. The zero-order valence-electron chi connectivity index (χ0n) is 12.3. The van der Waals surface area contributed by atoms with Crippen molar-refractivity contribution in [1.29, 1.82) is 0 Å². The number of rotatable bonds is 8. The molecular formula is C15H30N2O. The number of hydrogen-bond acceptors (Lipinski definition) is 2. The van der Waals surface area contributed by atoms with Gasteiger partial charge < -0.3 is 10.6 Å². The minimum atomic E-state index is -0.0674. The van der Waals surface area contributed by atoms with E-state index >= 15 is 0 Å². The molecule has 0 radical (unpaired) electrons. The summed E-state index contributed by atoms with van der Waals surface area (Å²) in [5, 5.41) is 6.46. The van der Waals surface area contributed by atoms with E-state index in [0.29, 0.717) is 6.04 Å². The van der Waals surface area contributed by atoms with E-state index in [2.05, 4.69) is 24.5 Å². The molecule has 0 saturated heterocycles. The Balaban J connectivity index is 2.17. The zero-order chi connectivity index (χ0) is 13.4. The van der Waals surface area contributed by atoms with Gasteiger partial charge in [-0.1, -0.05) is 32.6 Å². The summed E-state index contributed by atoms with van der Waals surface area (Å²) < 4.78 is 0. The predicted octanol–water partition coefficient (Wildman–Crippen LogP) is 2.85. The van der Waals surface area contributed by atoms with Crippen LogP contribution in [-0.4, -0.2) is 24.5 Å². The smallest absolute Gasteiger partial charge is 0.236 e. The van der Waals surface area contributed by atoms with E-state index in [-0.39, 0.29) is 11.9 Å². The molecule has 18 heavy (non-hydrogen) atoms. The summed E-state index contributed by atoms with van der Waals surface area (Å²) in [6.07, 6.45) is 8.83. The van der Waals surface area contributed by atoms with E-state index in [4.69, 9.17) is 0 Å². The first-order valence-corrected chi connectivity index (χ1v) is 7.69. The first-order chi connectivity index (χ1) is 8.65. The molecule has 1 aliphatic rings. The largest absolute Gasteiger partial charge is 0.355 e. The highest BCUT2D eigenvalue weighted by atomic mass is 16.2. The molecule has 1 rings (SSSR count). The molecule has 0 aromatic heterocycles. The minimum absolute atomic E-state index is 0.0674. The summed E-state index contributed by atoms with van der Waals surface area (Å²) in [4.78, 5) is 11.9. The highest BCUT2D eigenvalue weighted by molar-refractivity contribution is 5.81. The number of unbranched alkanes of at least 4 members (excludes halogenated alkanes) is 2. The van der Waals surface area contributed by atoms with Crippen LogP contribution in [0.5, 0.6) is 0 Å². The molecule has 0 aliphatic heterocycles. The molecule has 1 unspecified atom stereocenters. The summed E-state index contributed by atoms with van der Waals surface area (Å²) in [7, 11) is 0. The van der Waals surface area contributed by atoms with E-state index in [0.717, 1.165) is 18.9 Å². The fraction of sp³-hybridized carbons (Fsp3) is 0.933. The van der Waals surface area contributed by atoms with Gasteiger partial charge in [0.25, 0.3) is 0 Å². The van der Waals surface area contributed by atoms with E-state index in [1.165, 1.54) is 38.5 Å². The Bertz CT molecular complexity index is 237. The van der Waals surface area contributed by atoms with Crippen LogP contribution in [0.2, 0.25) is 0 Å². The fourth-order valence-corrected chi connectivity index (χ4v) is 2.80. The minimum Gasteiger partial charge on any atom is -0.355 e. The quantitative estimate of drug-likeness (QED) is 0.654. The highest BCUT2D eigenvalue weighted by Gasteiger charge is 2.24. The van der Waals surface area contributed by atoms with Crippen LogP contribution in [0.15, 0.2) is 0 Å². The Labute approximate surface area is 112 Å². The first-order valence-electron chi connectivity index (χ1n) is 7.69. The first kappa shape index (κ1) is 15.5. The van der Waals surface area contributed by atoms with Gasteiger partial charge in [-0.3, -0.25) is 4.79 Å². The second kappa shape index (κ2) is 8.52. The Morgan fingerprint density at radius 2 is 1.89 bits per heavy atom. The molecule has 0 aromatic rings. The standard InChI is InChI=1S/C15H30N2O/c1-4-5-8-11-16-15(18)13(3)17-12(2)14-9-6-7-10-14/h12-14,17H,4-11H2,1-3H3,(H,16,18)/t12-,13?/m1/s1. The summed E-state index contributed by atoms with van der Waals surface area (Å²) >= 11 is 0. The van der Waals surface area contributed by atoms with Crippen LogP contribution in [0.1, 0.15) is 65.7 Å². The van der Waals surface area contributed by atoms with Crippen LogP contribution in [0.25, 0.3) is 0 Å². The van der Waals surface area contributed by atoms with Crippen molar-refractivity contribution in [3.63, 3.8) is 0 Å². The monoisotopic (exact) mass is 254 g/mol. The number of carbonyl (C=O) groups excluding carboxylic acids is 1. The third-order valence-electron chi connectivity index (χ3n) is 4.09. The second-order valence-corrected chi connectivity index (χ2v) is 5.72. The molecule has 0 heterocycles. The second-order valence-electron chi connectivity index (χ2n) is 5.72. The van der Waals surface area contributed by atoms with Gasteiger partial charge in [0.05, 0.1) is 6.04 Å². The van der Waals surface area contributed by atoms with Gasteiger partial charge in [0, 0.05) is 12.6 Å².